The zero-order valence-corrected chi connectivity index (χ0v) is 8.82. The third kappa shape index (κ3) is 1.48. The second kappa shape index (κ2) is 3.13. The number of hydrogen-bond donors (Lipinski definition) is 1. The summed E-state index contributed by atoms with van der Waals surface area (Å²) >= 11 is 2.32. The first-order valence-corrected chi connectivity index (χ1v) is 5.09. The van der Waals surface area contributed by atoms with Crippen molar-refractivity contribution in [2.75, 3.05) is 11.9 Å². The number of alkyl halides is 1. The van der Waals surface area contributed by atoms with Crippen LogP contribution in [0.4, 0.5) is 11.4 Å². The molecule has 1 aromatic rings. The van der Waals surface area contributed by atoms with Gasteiger partial charge in [0, 0.05) is 24.4 Å². The summed E-state index contributed by atoms with van der Waals surface area (Å²) in [7, 11) is 0. The molecule has 1 heterocycles. The van der Waals surface area contributed by atoms with E-state index in [1.807, 2.05) is 6.07 Å². The largest absolute Gasteiger partial charge is 0.383 e. The van der Waals surface area contributed by atoms with Crippen molar-refractivity contribution >= 4 is 34.0 Å². The Morgan fingerprint density at radius 2 is 2.38 bits per heavy atom. The molecule has 0 saturated heterocycles. The van der Waals surface area contributed by atoms with Crippen LogP contribution in [0, 0.1) is 10.1 Å². The molecule has 1 unspecified atom stereocenters. The van der Waals surface area contributed by atoms with Crippen LogP contribution in [-0.2, 0) is 0 Å². The van der Waals surface area contributed by atoms with Gasteiger partial charge in [-0.3, -0.25) is 10.1 Å². The average Bonchev–Trinajstić information content (AvgIpc) is 2.47. The lowest BCUT2D eigenvalue weighted by Gasteiger charge is -1.99. The van der Waals surface area contributed by atoms with Crippen LogP contribution in [0.15, 0.2) is 18.2 Å². The number of fused-ring (bicyclic) bond motifs is 1. The number of nitro groups is 1. The fraction of sp³-hybridized carbons (Fsp3) is 0.250. The third-order valence-corrected chi connectivity index (χ3v) is 3.17. The minimum Gasteiger partial charge on any atom is -0.383 e. The Labute approximate surface area is 88.6 Å². The Morgan fingerprint density at radius 3 is 3.08 bits per heavy atom. The first-order valence-electron chi connectivity index (χ1n) is 3.85. The maximum atomic E-state index is 10.5. The summed E-state index contributed by atoms with van der Waals surface area (Å²) < 4.78 is 0.424. The van der Waals surface area contributed by atoms with Gasteiger partial charge in [0.15, 0.2) is 0 Å². The van der Waals surface area contributed by atoms with Gasteiger partial charge >= 0.3 is 0 Å². The number of rotatable bonds is 1. The molecule has 0 amide bonds. The van der Waals surface area contributed by atoms with Crippen molar-refractivity contribution in [2.24, 2.45) is 0 Å². The summed E-state index contributed by atoms with van der Waals surface area (Å²) in [6.45, 7) is 0.858. The van der Waals surface area contributed by atoms with Crippen molar-refractivity contribution in [3.05, 3.63) is 33.9 Å². The lowest BCUT2D eigenvalue weighted by atomic mass is 10.1. The van der Waals surface area contributed by atoms with Crippen molar-refractivity contribution in [1.29, 1.82) is 0 Å². The van der Waals surface area contributed by atoms with Crippen molar-refractivity contribution < 1.29 is 4.92 Å². The first kappa shape index (κ1) is 8.74. The van der Waals surface area contributed by atoms with E-state index in [0.29, 0.717) is 3.92 Å². The van der Waals surface area contributed by atoms with Crippen LogP contribution < -0.4 is 5.32 Å². The molecule has 68 valence electrons. The van der Waals surface area contributed by atoms with E-state index >= 15 is 0 Å². The maximum Gasteiger partial charge on any atom is 0.271 e. The Hall–Kier alpha value is -0.850. The number of non-ortho nitro benzene ring substituents is 1. The zero-order valence-electron chi connectivity index (χ0n) is 6.66. The predicted octanol–water partition coefficient (Wildman–Crippen LogP) is 2.50. The summed E-state index contributed by atoms with van der Waals surface area (Å²) in [6, 6.07) is 4.97. The van der Waals surface area contributed by atoms with Crippen LogP contribution >= 0.6 is 22.6 Å². The molecule has 1 aliphatic heterocycles. The van der Waals surface area contributed by atoms with E-state index in [4.69, 9.17) is 0 Å². The molecular formula is C8H7IN2O2. The molecule has 0 saturated carbocycles. The van der Waals surface area contributed by atoms with Gasteiger partial charge in [-0.15, -0.1) is 0 Å². The maximum absolute atomic E-state index is 10.5. The number of benzene rings is 1. The lowest BCUT2D eigenvalue weighted by molar-refractivity contribution is -0.384. The molecule has 0 fully saturated rings. The number of hydrogen-bond acceptors (Lipinski definition) is 3. The predicted molar refractivity (Wildman–Crippen MR) is 58.3 cm³/mol. The molecule has 0 aliphatic carbocycles. The molecule has 0 aromatic heterocycles. The highest BCUT2D eigenvalue weighted by Crippen LogP contribution is 2.37. The topological polar surface area (TPSA) is 55.2 Å². The Balaban J connectivity index is 2.45. The van der Waals surface area contributed by atoms with Gasteiger partial charge in [0.2, 0.25) is 0 Å². The highest BCUT2D eigenvalue weighted by Gasteiger charge is 2.21. The summed E-state index contributed by atoms with van der Waals surface area (Å²) in [6.07, 6.45) is 0. The summed E-state index contributed by atoms with van der Waals surface area (Å²) in [5.74, 6) is 0. The number of nitro benzene ring substituents is 1. The first-order chi connectivity index (χ1) is 6.18. The van der Waals surface area contributed by atoms with Gasteiger partial charge in [-0.25, -0.2) is 0 Å². The fourth-order valence-electron chi connectivity index (χ4n) is 1.39. The SMILES string of the molecule is O=[N+]([O-])c1ccc2c(c1)NCC2I. The van der Waals surface area contributed by atoms with E-state index in [1.54, 1.807) is 12.1 Å². The number of anilines is 1. The summed E-state index contributed by atoms with van der Waals surface area (Å²) in [5.41, 5.74) is 2.21. The standard InChI is InChI=1S/C8H7IN2O2/c9-7-4-10-8-3-5(11(12)13)1-2-6(7)8/h1-3,7,10H,4H2. The zero-order chi connectivity index (χ0) is 9.42. The Morgan fingerprint density at radius 1 is 1.62 bits per heavy atom. The van der Waals surface area contributed by atoms with Gasteiger partial charge in [0.25, 0.3) is 5.69 Å². The minimum atomic E-state index is -0.373. The number of halogens is 1. The molecule has 0 bridgehead atoms. The van der Waals surface area contributed by atoms with E-state index in [2.05, 4.69) is 27.9 Å². The fourth-order valence-corrected chi connectivity index (χ4v) is 2.16. The summed E-state index contributed by atoms with van der Waals surface area (Å²) in [5, 5.41) is 13.6. The Kier molecular flexibility index (Phi) is 2.10. The van der Waals surface area contributed by atoms with Crippen LogP contribution in [0.1, 0.15) is 9.49 Å². The molecule has 5 heteroatoms. The van der Waals surface area contributed by atoms with E-state index < -0.39 is 0 Å². The molecule has 2 rings (SSSR count). The van der Waals surface area contributed by atoms with Crippen LogP contribution in [0.3, 0.4) is 0 Å². The lowest BCUT2D eigenvalue weighted by Crippen LogP contribution is -1.93. The van der Waals surface area contributed by atoms with Gasteiger partial charge in [-0.05, 0) is 11.6 Å². The van der Waals surface area contributed by atoms with E-state index in [0.717, 1.165) is 17.8 Å². The van der Waals surface area contributed by atoms with Gasteiger partial charge in [-0.1, -0.05) is 22.6 Å². The van der Waals surface area contributed by atoms with E-state index in [9.17, 15) is 10.1 Å². The smallest absolute Gasteiger partial charge is 0.271 e. The molecule has 0 spiro atoms. The molecule has 1 aliphatic rings. The van der Waals surface area contributed by atoms with Crippen molar-refractivity contribution in [3.63, 3.8) is 0 Å². The van der Waals surface area contributed by atoms with Crippen LogP contribution in [-0.4, -0.2) is 11.5 Å². The van der Waals surface area contributed by atoms with Gasteiger partial charge in [-0.2, -0.15) is 0 Å². The number of nitrogens with zero attached hydrogens (tertiary/aromatic N) is 1. The molecule has 1 N–H and O–H groups in total. The van der Waals surface area contributed by atoms with Crippen molar-refractivity contribution in [2.45, 2.75) is 3.92 Å². The van der Waals surface area contributed by atoms with E-state index in [-0.39, 0.29) is 10.6 Å². The number of nitrogens with one attached hydrogen (secondary N) is 1. The van der Waals surface area contributed by atoms with Crippen molar-refractivity contribution in [3.8, 4) is 0 Å². The average molecular weight is 290 g/mol. The van der Waals surface area contributed by atoms with Crippen molar-refractivity contribution in [1.82, 2.24) is 0 Å². The Bertz CT molecular complexity index is 367. The highest BCUT2D eigenvalue weighted by molar-refractivity contribution is 14.1. The monoisotopic (exact) mass is 290 g/mol. The molecule has 4 nitrogen and oxygen atoms in total. The minimum absolute atomic E-state index is 0.150. The second-order valence-electron chi connectivity index (χ2n) is 2.88. The molecule has 1 atom stereocenters. The molecule has 1 aromatic carbocycles. The van der Waals surface area contributed by atoms with Crippen LogP contribution in [0.25, 0.3) is 0 Å². The van der Waals surface area contributed by atoms with Crippen LogP contribution in [0.2, 0.25) is 0 Å². The summed E-state index contributed by atoms with van der Waals surface area (Å²) in [4.78, 5) is 10.1. The molecule has 0 radical (unpaired) electrons. The van der Waals surface area contributed by atoms with Gasteiger partial charge < -0.3 is 5.32 Å². The van der Waals surface area contributed by atoms with Gasteiger partial charge in [0.05, 0.1) is 8.85 Å². The highest BCUT2D eigenvalue weighted by atomic mass is 127. The van der Waals surface area contributed by atoms with E-state index in [1.165, 1.54) is 0 Å². The molecule has 13 heavy (non-hydrogen) atoms. The van der Waals surface area contributed by atoms with Crippen LogP contribution in [0.5, 0.6) is 0 Å². The molecular weight excluding hydrogens is 283 g/mol. The normalized spacial score (nSPS) is 19.3. The quantitative estimate of drug-likeness (QED) is 0.374. The van der Waals surface area contributed by atoms with Gasteiger partial charge in [0.1, 0.15) is 0 Å². The second-order valence-corrected chi connectivity index (χ2v) is 4.38. The third-order valence-electron chi connectivity index (χ3n) is 2.06.